The van der Waals surface area contributed by atoms with E-state index in [1.54, 1.807) is 44.2 Å². The fourth-order valence-electron chi connectivity index (χ4n) is 5.08. The van der Waals surface area contributed by atoms with Crippen LogP contribution in [0, 0.1) is 16.7 Å². The highest BCUT2D eigenvalue weighted by atomic mass is 16.5. The maximum Gasteiger partial charge on any atom is 0.251 e. The van der Waals surface area contributed by atoms with Crippen LogP contribution in [0.4, 0.5) is 5.82 Å². The first-order chi connectivity index (χ1) is 17.2. The monoisotopic (exact) mass is 494 g/mol. The van der Waals surface area contributed by atoms with Crippen molar-refractivity contribution in [2.45, 2.75) is 51.4 Å². The number of hydrogen-bond donors (Lipinski definition) is 2. The van der Waals surface area contributed by atoms with E-state index in [0.29, 0.717) is 55.5 Å². The number of aliphatic hydroxyl groups is 2. The molecule has 0 radical (unpaired) electrons. The minimum atomic E-state index is -1.04. The van der Waals surface area contributed by atoms with Gasteiger partial charge in [-0.3, -0.25) is 4.79 Å². The molecule has 2 aliphatic heterocycles. The lowest BCUT2D eigenvalue weighted by molar-refractivity contribution is -0.139. The van der Waals surface area contributed by atoms with Gasteiger partial charge in [0.2, 0.25) is 0 Å². The van der Waals surface area contributed by atoms with Crippen molar-refractivity contribution in [3.05, 3.63) is 47.7 Å². The summed E-state index contributed by atoms with van der Waals surface area (Å²) in [5.74, 6) is 1.38. The number of hydrogen-bond acceptors (Lipinski definition) is 8. The van der Waals surface area contributed by atoms with Gasteiger partial charge in [0, 0.05) is 30.6 Å². The molecule has 2 fully saturated rings. The Morgan fingerprint density at radius 2 is 2.03 bits per heavy atom. The minimum Gasteiger partial charge on any atom is -0.493 e. The molecule has 4 atom stereocenters. The van der Waals surface area contributed by atoms with Gasteiger partial charge in [0.05, 0.1) is 31.9 Å². The molecule has 0 bridgehead atoms. The number of nitriles is 1. The maximum absolute atomic E-state index is 12.7. The predicted octanol–water partition coefficient (Wildman–Crippen LogP) is 2.31. The van der Waals surface area contributed by atoms with Gasteiger partial charge in [0.25, 0.3) is 5.91 Å². The average molecular weight is 495 g/mol. The first kappa shape index (κ1) is 25.7. The first-order valence-corrected chi connectivity index (χ1v) is 12.3. The number of anilines is 1. The fourth-order valence-corrected chi connectivity index (χ4v) is 5.08. The molecule has 1 aromatic heterocycles. The highest BCUT2D eigenvalue weighted by Crippen LogP contribution is 2.47. The van der Waals surface area contributed by atoms with Crippen LogP contribution in [0.25, 0.3) is 0 Å². The number of rotatable bonds is 8. The summed E-state index contributed by atoms with van der Waals surface area (Å²) in [5, 5.41) is 30.2. The van der Waals surface area contributed by atoms with Gasteiger partial charge in [-0.1, -0.05) is 19.9 Å². The second kappa shape index (κ2) is 10.3. The molecule has 3 heterocycles. The molecule has 36 heavy (non-hydrogen) atoms. The van der Waals surface area contributed by atoms with Gasteiger partial charge in [-0.2, -0.15) is 5.26 Å². The van der Waals surface area contributed by atoms with Crippen LogP contribution < -0.4 is 14.4 Å². The molecule has 4 rings (SSSR count). The lowest BCUT2D eigenvalue weighted by Crippen LogP contribution is -2.54. The van der Waals surface area contributed by atoms with Gasteiger partial charge in [-0.05, 0) is 43.2 Å². The molecule has 9 nitrogen and oxygen atoms in total. The average Bonchev–Trinajstić information content (AvgIpc) is 3.23. The minimum absolute atomic E-state index is 0.104. The zero-order valence-corrected chi connectivity index (χ0v) is 21.2. The normalized spacial score (nSPS) is 23.5. The second-order valence-electron chi connectivity index (χ2n) is 9.92. The standard InChI is InChI=1S/C27H34N4O5/c1-5-22(33)26(34)31-15-21(27(3,16-31)17(2)32)18-8-9-23(35-4)24(11-18)36-20-13-30(14-20)25-19(12-28)7-6-10-29-25/h6-11,17,20-22,32-33H,5,13-16H2,1-4H3/t17-,21+,22+,27+/m1/s1. The molecule has 0 unspecified atom stereocenters. The third-order valence-corrected chi connectivity index (χ3v) is 7.61. The maximum atomic E-state index is 12.7. The quantitative estimate of drug-likeness (QED) is 0.574. The van der Waals surface area contributed by atoms with Crippen LogP contribution in [0.1, 0.15) is 44.2 Å². The number of pyridine rings is 1. The number of methoxy groups -OCH3 is 1. The number of aliphatic hydroxyl groups excluding tert-OH is 2. The van der Waals surface area contributed by atoms with Gasteiger partial charge < -0.3 is 29.5 Å². The van der Waals surface area contributed by atoms with Crippen molar-refractivity contribution < 1.29 is 24.5 Å². The van der Waals surface area contributed by atoms with Crippen LogP contribution >= 0.6 is 0 Å². The summed E-state index contributed by atoms with van der Waals surface area (Å²) in [6.45, 7) is 7.42. The molecule has 1 amide bonds. The van der Waals surface area contributed by atoms with Crippen LogP contribution in [0.15, 0.2) is 36.5 Å². The Labute approximate surface area is 211 Å². The van der Waals surface area contributed by atoms with Crippen LogP contribution in [-0.4, -0.2) is 77.6 Å². The molecule has 2 saturated heterocycles. The van der Waals surface area contributed by atoms with E-state index in [9.17, 15) is 20.3 Å². The van der Waals surface area contributed by atoms with Crippen LogP contribution in [-0.2, 0) is 4.79 Å². The Kier molecular flexibility index (Phi) is 7.38. The van der Waals surface area contributed by atoms with E-state index in [-0.39, 0.29) is 17.9 Å². The lowest BCUT2D eigenvalue weighted by atomic mass is 9.72. The zero-order valence-electron chi connectivity index (χ0n) is 21.2. The number of carbonyl (C=O) groups is 1. The Bertz CT molecular complexity index is 1140. The molecule has 0 aliphatic carbocycles. The number of aromatic nitrogens is 1. The van der Waals surface area contributed by atoms with E-state index >= 15 is 0 Å². The summed E-state index contributed by atoms with van der Waals surface area (Å²) in [6.07, 6.45) is 0.203. The third kappa shape index (κ3) is 4.71. The van der Waals surface area contributed by atoms with Crippen LogP contribution in [0.5, 0.6) is 11.5 Å². The highest BCUT2D eigenvalue weighted by molar-refractivity contribution is 5.81. The van der Waals surface area contributed by atoms with Crippen LogP contribution in [0.3, 0.4) is 0 Å². The van der Waals surface area contributed by atoms with Crippen molar-refractivity contribution in [2.75, 3.05) is 38.2 Å². The zero-order chi connectivity index (χ0) is 26.0. The van der Waals surface area contributed by atoms with Gasteiger partial charge in [0.1, 0.15) is 24.1 Å². The molecule has 2 aliphatic rings. The Morgan fingerprint density at radius 3 is 2.67 bits per heavy atom. The molecular formula is C27H34N4O5. The van der Waals surface area contributed by atoms with Gasteiger partial charge in [-0.15, -0.1) is 0 Å². The molecule has 0 saturated carbocycles. The molecule has 192 valence electrons. The molecule has 1 aromatic carbocycles. The van der Waals surface area contributed by atoms with Gasteiger partial charge >= 0.3 is 0 Å². The van der Waals surface area contributed by atoms with E-state index in [0.717, 1.165) is 5.56 Å². The summed E-state index contributed by atoms with van der Waals surface area (Å²) in [5.41, 5.74) is 0.874. The Hall–Kier alpha value is -3.35. The van der Waals surface area contributed by atoms with Crippen molar-refractivity contribution in [1.82, 2.24) is 9.88 Å². The first-order valence-electron chi connectivity index (χ1n) is 12.3. The van der Waals surface area contributed by atoms with Crippen molar-refractivity contribution >= 4 is 11.7 Å². The number of ether oxygens (including phenoxy) is 2. The number of nitrogens with zero attached hydrogens (tertiary/aromatic N) is 4. The number of benzene rings is 1. The molecular weight excluding hydrogens is 460 g/mol. The fraction of sp³-hybridized carbons (Fsp3) is 0.519. The van der Waals surface area contributed by atoms with Crippen LogP contribution in [0.2, 0.25) is 0 Å². The Morgan fingerprint density at radius 1 is 1.28 bits per heavy atom. The SMILES string of the molecule is CC[C@H](O)C(=O)N1C[C@@H](c2ccc(OC)c(OC3CN(c4ncccc4C#N)C3)c2)[C@](C)([C@@H](C)O)C1. The largest absolute Gasteiger partial charge is 0.493 e. The van der Waals surface area contributed by atoms with E-state index in [1.807, 2.05) is 30.0 Å². The second-order valence-corrected chi connectivity index (χ2v) is 9.92. The molecule has 9 heteroatoms. The highest BCUT2D eigenvalue weighted by Gasteiger charge is 2.49. The molecule has 0 spiro atoms. The summed E-state index contributed by atoms with van der Waals surface area (Å²) in [6, 6.07) is 11.4. The van der Waals surface area contributed by atoms with E-state index in [4.69, 9.17) is 9.47 Å². The number of carbonyl (C=O) groups excluding carboxylic acids is 1. The van der Waals surface area contributed by atoms with E-state index in [1.165, 1.54) is 0 Å². The summed E-state index contributed by atoms with van der Waals surface area (Å²) >= 11 is 0. The van der Waals surface area contributed by atoms with Crippen molar-refractivity contribution in [3.63, 3.8) is 0 Å². The summed E-state index contributed by atoms with van der Waals surface area (Å²) in [7, 11) is 1.59. The van der Waals surface area contributed by atoms with E-state index < -0.39 is 17.6 Å². The van der Waals surface area contributed by atoms with E-state index in [2.05, 4.69) is 11.1 Å². The summed E-state index contributed by atoms with van der Waals surface area (Å²) in [4.78, 5) is 20.7. The predicted molar refractivity (Wildman–Crippen MR) is 134 cm³/mol. The smallest absolute Gasteiger partial charge is 0.251 e. The lowest BCUT2D eigenvalue weighted by Gasteiger charge is -2.40. The topological polar surface area (TPSA) is 119 Å². The molecule has 2 N–H and O–H groups in total. The van der Waals surface area contributed by atoms with Crippen molar-refractivity contribution in [3.8, 4) is 17.6 Å². The number of amides is 1. The van der Waals surface area contributed by atoms with Gasteiger partial charge in [-0.25, -0.2) is 4.98 Å². The number of likely N-dealkylation sites (tertiary alicyclic amines) is 1. The Balaban J connectivity index is 1.54. The summed E-state index contributed by atoms with van der Waals surface area (Å²) < 4.78 is 11.8. The van der Waals surface area contributed by atoms with Gasteiger partial charge in [0.15, 0.2) is 11.5 Å². The molecule has 2 aromatic rings. The third-order valence-electron chi connectivity index (χ3n) is 7.61. The van der Waals surface area contributed by atoms with Crippen molar-refractivity contribution in [2.24, 2.45) is 5.41 Å². The van der Waals surface area contributed by atoms with Crippen molar-refractivity contribution in [1.29, 1.82) is 5.26 Å².